The summed E-state index contributed by atoms with van der Waals surface area (Å²) < 4.78 is 5.64. The average molecular weight is 388 g/mol. The smallest absolute Gasteiger partial charge is 0.265 e. The van der Waals surface area contributed by atoms with Crippen molar-refractivity contribution < 1.29 is 9.53 Å². The molecule has 1 amide bonds. The molecule has 7 nitrogen and oxygen atoms in total. The lowest BCUT2D eigenvalue weighted by molar-refractivity contribution is -0.122. The second kappa shape index (κ2) is 8.85. The number of ether oxygens (including phenoxy) is 1. The summed E-state index contributed by atoms with van der Waals surface area (Å²) >= 11 is 0. The third-order valence-corrected chi connectivity index (χ3v) is 4.24. The molecule has 2 aromatic carbocycles. The highest BCUT2D eigenvalue weighted by Crippen LogP contribution is 2.21. The lowest BCUT2D eigenvalue weighted by Gasteiger charge is -2.16. The summed E-state index contributed by atoms with van der Waals surface area (Å²) in [7, 11) is 0. The van der Waals surface area contributed by atoms with Gasteiger partial charge in [0.25, 0.3) is 11.5 Å². The number of carbonyl (C=O) groups is 1. The number of benzene rings is 2. The van der Waals surface area contributed by atoms with E-state index >= 15 is 0 Å². The van der Waals surface area contributed by atoms with Crippen molar-refractivity contribution >= 4 is 11.6 Å². The highest BCUT2D eigenvalue weighted by atomic mass is 16.5. The van der Waals surface area contributed by atoms with Crippen molar-refractivity contribution in [1.82, 2.24) is 9.97 Å². The maximum atomic E-state index is 12.5. The van der Waals surface area contributed by atoms with Crippen LogP contribution < -0.4 is 15.6 Å². The Balaban J connectivity index is 1.76. The zero-order valence-corrected chi connectivity index (χ0v) is 16.1. The Kier molecular flexibility index (Phi) is 6.05. The number of hydrogen-bond acceptors (Lipinski definition) is 5. The largest absolute Gasteiger partial charge is 0.480 e. The minimum absolute atomic E-state index is 0.223. The quantitative estimate of drug-likeness (QED) is 0.674. The van der Waals surface area contributed by atoms with E-state index in [1.807, 2.05) is 13.0 Å². The molecule has 1 heterocycles. The summed E-state index contributed by atoms with van der Waals surface area (Å²) in [5.41, 5.74) is 2.05. The number of anilines is 1. The molecule has 0 bridgehead atoms. The molecule has 0 aliphatic carbocycles. The van der Waals surface area contributed by atoms with Crippen molar-refractivity contribution in [2.45, 2.75) is 26.4 Å². The predicted octanol–water partition coefficient (Wildman–Crippen LogP) is 3.28. The number of rotatable bonds is 6. The monoisotopic (exact) mass is 388 g/mol. The third kappa shape index (κ3) is 4.87. The third-order valence-electron chi connectivity index (χ3n) is 4.24. The van der Waals surface area contributed by atoms with Crippen molar-refractivity contribution in [2.24, 2.45) is 0 Å². The molecule has 1 atom stereocenters. The van der Waals surface area contributed by atoms with Crippen LogP contribution in [0.5, 0.6) is 5.75 Å². The fourth-order valence-electron chi connectivity index (χ4n) is 2.72. The molecule has 1 aromatic heterocycles. The van der Waals surface area contributed by atoms with Gasteiger partial charge in [-0.1, -0.05) is 31.2 Å². The van der Waals surface area contributed by atoms with Crippen LogP contribution in [0.15, 0.2) is 59.4 Å². The Hall–Kier alpha value is -3.92. The zero-order valence-electron chi connectivity index (χ0n) is 16.1. The highest BCUT2D eigenvalue weighted by molar-refractivity contribution is 5.94. The number of aryl methyl sites for hydroxylation is 1. The van der Waals surface area contributed by atoms with Crippen LogP contribution in [0.2, 0.25) is 0 Å². The molecular formula is C22H20N4O3. The van der Waals surface area contributed by atoms with Crippen LogP contribution in [0.3, 0.4) is 0 Å². The second-order valence-corrected chi connectivity index (χ2v) is 6.38. The predicted molar refractivity (Wildman–Crippen MR) is 110 cm³/mol. The minimum Gasteiger partial charge on any atom is -0.480 e. The van der Waals surface area contributed by atoms with Crippen LogP contribution in [0, 0.1) is 11.3 Å². The number of nitrogens with one attached hydrogen (secondary N) is 2. The van der Waals surface area contributed by atoms with E-state index in [1.54, 1.807) is 55.5 Å². The van der Waals surface area contributed by atoms with Crippen LogP contribution in [0.1, 0.15) is 25.1 Å². The van der Waals surface area contributed by atoms with Gasteiger partial charge in [0.1, 0.15) is 17.6 Å². The van der Waals surface area contributed by atoms with Crippen molar-refractivity contribution in [1.29, 1.82) is 5.26 Å². The van der Waals surface area contributed by atoms with Gasteiger partial charge in [-0.05, 0) is 37.6 Å². The van der Waals surface area contributed by atoms with Crippen LogP contribution >= 0.6 is 0 Å². The standard InChI is InChI=1S/C22H20N4O3/c1-3-17-12-20(27)26-21(24-17)15-8-6-9-18(11-15)25-22(28)14(2)29-19-10-5-4-7-16(19)13-23/h4-12,14H,3H2,1-2H3,(H,25,28)(H,24,26,27). The van der Waals surface area contributed by atoms with E-state index in [0.29, 0.717) is 40.5 Å². The molecule has 29 heavy (non-hydrogen) atoms. The Labute approximate surface area is 168 Å². The number of aromatic nitrogens is 2. The van der Waals surface area contributed by atoms with Gasteiger partial charge in [-0.15, -0.1) is 0 Å². The first-order valence-electron chi connectivity index (χ1n) is 9.17. The highest BCUT2D eigenvalue weighted by Gasteiger charge is 2.17. The molecule has 7 heteroatoms. The van der Waals surface area contributed by atoms with Gasteiger partial charge >= 0.3 is 0 Å². The van der Waals surface area contributed by atoms with Gasteiger partial charge in [-0.3, -0.25) is 9.59 Å². The van der Waals surface area contributed by atoms with Gasteiger partial charge < -0.3 is 15.0 Å². The van der Waals surface area contributed by atoms with Gasteiger partial charge in [0.05, 0.1) is 5.56 Å². The van der Waals surface area contributed by atoms with Crippen LogP contribution in [0.4, 0.5) is 5.69 Å². The summed E-state index contributed by atoms with van der Waals surface area (Å²) in [4.78, 5) is 31.5. The van der Waals surface area contributed by atoms with E-state index in [4.69, 9.17) is 10.00 Å². The molecule has 3 aromatic rings. The molecule has 0 aliphatic rings. The number of nitrogens with zero attached hydrogens (tertiary/aromatic N) is 2. The Morgan fingerprint density at radius 1 is 1.24 bits per heavy atom. The summed E-state index contributed by atoms with van der Waals surface area (Å²) in [6.45, 7) is 3.53. The van der Waals surface area contributed by atoms with Gasteiger partial charge in [0.2, 0.25) is 0 Å². The van der Waals surface area contributed by atoms with E-state index in [-0.39, 0.29) is 11.5 Å². The van der Waals surface area contributed by atoms with E-state index in [2.05, 4.69) is 15.3 Å². The molecule has 1 unspecified atom stereocenters. The Morgan fingerprint density at radius 3 is 2.79 bits per heavy atom. The number of aromatic amines is 1. The zero-order chi connectivity index (χ0) is 20.8. The first-order valence-corrected chi connectivity index (χ1v) is 9.17. The summed E-state index contributed by atoms with van der Waals surface area (Å²) in [5, 5.41) is 11.9. The van der Waals surface area contributed by atoms with Crippen molar-refractivity contribution in [2.75, 3.05) is 5.32 Å². The van der Waals surface area contributed by atoms with Crippen molar-refractivity contribution in [3.63, 3.8) is 0 Å². The number of nitriles is 1. The summed E-state index contributed by atoms with van der Waals surface area (Å²) in [6.07, 6.45) is -0.165. The van der Waals surface area contributed by atoms with E-state index < -0.39 is 6.10 Å². The summed E-state index contributed by atoms with van der Waals surface area (Å²) in [6, 6.07) is 17.3. The molecular weight excluding hydrogens is 368 g/mol. The maximum Gasteiger partial charge on any atom is 0.265 e. The normalized spacial score (nSPS) is 11.3. The summed E-state index contributed by atoms with van der Waals surface area (Å²) in [5.74, 6) is 0.431. The molecule has 0 spiro atoms. The van der Waals surface area contributed by atoms with Gasteiger partial charge in [0.15, 0.2) is 6.10 Å². The Bertz CT molecular complexity index is 1130. The number of hydrogen-bond donors (Lipinski definition) is 2. The van der Waals surface area contributed by atoms with E-state index in [0.717, 1.165) is 0 Å². The number of H-pyrrole nitrogens is 1. The average Bonchev–Trinajstić information content (AvgIpc) is 2.73. The number of para-hydroxylation sites is 1. The molecule has 2 N–H and O–H groups in total. The van der Waals surface area contributed by atoms with Crippen molar-refractivity contribution in [3.05, 3.63) is 76.2 Å². The van der Waals surface area contributed by atoms with E-state index in [9.17, 15) is 9.59 Å². The van der Waals surface area contributed by atoms with Crippen LogP contribution in [-0.2, 0) is 11.2 Å². The fourth-order valence-corrected chi connectivity index (χ4v) is 2.72. The second-order valence-electron chi connectivity index (χ2n) is 6.38. The van der Waals surface area contributed by atoms with Crippen LogP contribution in [-0.4, -0.2) is 22.0 Å². The lowest BCUT2D eigenvalue weighted by Crippen LogP contribution is -2.30. The van der Waals surface area contributed by atoms with E-state index in [1.165, 1.54) is 6.07 Å². The van der Waals surface area contributed by atoms with Crippen LogP contribution in [0.25, 0.3) is 11.4 Å². The minimum atomic E-state index is -0.811. The van der Waals surface area contributed by atoms with Gasteiger partial charge in [0, 0.05) is 23.0 Å². The molecule has 3 rings (SSSR count). The van der Waals surface area contributed by atoms with Gasteiger partial charge in [-0.2, -0.15) is 5.26 Å². The van der Waals surface area contributed by atoms with Crippen molar-refractivity contribution in [3.8, 4) is 23.2 Å². The maximum absolute atomic E-state index is 12.5. The molecule has 0 fully saturated rings. The first-order chi connectivity index (χ1) is 14.0. The SMILES string of the molecule is CCc1cc(=O)[nH]c(-c2cccc(NC(=O)C(C)Oc3ccccc3C#N)c2)n1. The molecule has 0 aliphatic heterocycles. The fraction of sp³-hybridized carbons (Fsp3) is 0.182. The van der Waals surface area contributed by atoms with Gasteiger partial charge in [-0.25, -0.2) is 4.98 Å². The molecule has 0 saturated heterocycles. The molecule has 146 valence electrons. The topological polar surface area (TPSA) is 108 Å². The Morgan fingerprint density at radius 2 is 2.03 bits per heavy atom. The molecule has 0 saturated carbocycles. The number of amides is 1. The lowest BCUT2D eigenvalue weighted by atomic mass is 10.1. The number of carbonyl (C=O) groups excluding carboxylic acids is 1. The first kappa shape index (κ1) is 19.8. The molecule has 0 radical (unpaired) electrons.